The van der Waals surface area contributed by atoms with Gasteiger partial charge < -0.3 is 10.4 Å². The predicted octanol–water partition coefficient (Wildman–Crippen LogP) is 2.16. The van der Waals surface area contributed by atoms with Gasteiger partial charge in [0, 0.05) is 25.2 Å². The van der Waals surface area contributed by atoms with Crippen molar-refractivity contribution in [1.82, 2.24) is 10.0 Å². The Hall–Kier alpha value is -3.50. The van der Waals surface area contributed by atoms with E-state index < -0.39 is 20.9 Å². The van der Waals surface area contributed by atoms with E-state index in [1.807, 2.05) is 12.1 Å². The minimum Gasteiger partial charge on any atom is -0.507 e. The molecule has 0 heterocycles. The number of nitro benzene ring substituents is 1. The van der Waals surface area contributed by atoms with Crippen LogP contribution in [0.5, 0.6) is 5.75 Å². The molecule has 29 heavy (non-hydrogen) atoms. The van der Waals surface area contributed by atoms with Crippen LogP contribution in [0.15, 0.2) is 65.6 Å². The molecule has 0 aliphatic heterocycles. The maximum Gasteiger partial charge on any atom is 0.270 e. The van der Waals surface area contributed by atoms with Crippen LogP contribution in [0.2, 0.25) is 0 Å². The normalized spacial score (nSPS) is 11.3. The number of carbonyl (C=O) groups excluding carboxylic acids is 1. The predicted molar refractivity (Wildman–Crippen MR) is 106 cm³/mol. The maximum atomic E-state index is 12.3. The fraction of sp³-hybridized carbons (Fsp3) is 0.105. The van der Waals surface area contributed by atoms with Gasteiger partial charge >= 0.3 is 0 Å². The maximum absolute atomic E-state index is 12.3. The average Bonchev–Trinajstić information content (AvgIpc) is 2.70. The van der Waals surface area contributed by atoms with Crippen LogP contribution in [0.4, 0.5) is 5.69 Å². The lowest BCUT2D eigenvalue weighted by Crippen LogP contribution is -2.34. The summed E-state index contributed by atoms with van der Waals surface area (Å²) in [4.78, 5) is 22.2. The lowest BCUT2D eigenvalue weighted by molar-refractivity contribution is -0.385. The first-order valence-corrected chi connectivity index (χ1v) is 10.0. The molecule has 3 aromatic carbocycles. The van der Waals surface area contributed by atoms with Crippen molar-refractivity contribution < 1.29 is 23.2 Å². The molecule has 0 fully saturated rings. The van der Waals surface area contributed by atoms with E-state index in [0.717, 1.165) is 16.8 Å². The standard InChI is InChI=1S/C19H17N3O6S/c23-18-11-14-5-2-1-4-13(14)10-17(18)19(24)20-8-9-21-29(27,28)16-7-3-6-15(12-16)22(25)26/h1-7,10-12,21,23H,8-9H2,(H,20,24). The second kappa shape index (κ2) is 8.25. The summed E-state index contributed by atoms with van der Waals surface area (Å²) in [5, 5.41) is 24.9. The zero-order valence-electron chi connectivity index (χ0n) is 15.0. The van der Waals surface area contributed by atoms with Crippen LogP contribution in [0.1, 0.15) is 10.4 Å². The molecule has 0 aromatic heterocycles. The Bertz CT molecular complexity index is 1190. The summed E-state index contributed by atoms with van der Waals surface area (Å²) in [6.45, 7) is -0.176. The first-order chi connectivity index (χ1) is 13.8. The molecule has 9 nitrogen and oxygen atoms in total. The molecule has 150 valence electrons. The number of nitro groups is 1. The third-order valence-electron chi connectivity index (χ3n) is 4.15. The van der Waals surface area contributed by atoms with E-state index in [0.29, 0.717) is 0 Å². The number of sulfonamides is 1. The number of benzene rings is 3. The molecule has 1 amide bonds. The van der Waals surface area contributed by atoms with Gasteiger partial charge in [0.05, 0.1) is 15.4 Å². The van der Waals surface area contributed by atoms with Gasteiger partial charge in [-0.3, -0.25) is 14.9 Å². The Morgan fingerprint density at radius 1 is 1.00 bits per heavy atom. The van der Waals surface area contributed by atoms with Crippen LogP contribution in [0.25, 0.3) is 10.8 Å². The molecule has 0 radical (unpaired) electrons. The number of phenolic OH excluding ortho intramolecular Hbond substituents is 1. The number of rotatable bonds is 7. The number of fused-ring (bicyclic) bond motifs is 1. The van der Waals surface area contributed by atoms with Crippen molar-refractivity contribution >= 4 is 32.4 Å². The third kappa shape index (κ3) is 4.68. The van der Waals surface area contributed by atoms with Gasteiger partial charge in [-0.05, 0) is 29.0 Å². The van der Waals surface area contributed by atoms with Crippen LogP contribution in [0.3, 0.4) is 0 Å². The quantitative estimate of drug-likeness (QED) is 0.307. The molecule has 3 aromatic rings. The zero-order valence-corrected chi connectivity index (χ0v) is 15.8. The molecule has 3 N–H and O–H groups in total. The molecule has 0 unspecified atom stereocenters. The van der Waals surface area contributed by atoms with E-state index in [-0.39, 0.29) is 35.0 Å². The van der Waals surface area contributed by atoms with Gasteiger partial charge in [0.1, 0.15) is 5.75 Å². The molecule has 0 bridgehead atoms. The van der Waals surface area contributed by atoms with Crippen LogP contribution in [-0.2, 0) is 10.0 Å². The number of aromatic hydroxyl groups is 1. The molecule has 0 saturated carbocycles. The minimum absolute atomic E-state index is 0.0424. The zero-order chi connectivity index (χ0) is 21.0. The van der Waals surface area contributed by atoms with E-state index >= 15 is 0 Å². The average molecular weight is 415 g/mol. The van der Waals surface area contributed by atoms with Gasteiger partial charge in [0.25, 0.3) is 11.6 Å². The van der Waals surface area contributed by atoms with Crippen LogP contribution < -0.4 is 10.0 Å². The molecule has 0 saturated heterocycles. The summed E-state index contributed by atoms with van der Waals surface area (Å²) in [6.07, 6.45) is 0. The lowest BCUT2D eigenvalue weighted by Gasteiger charge is -2.10. The Labute approximate surface area is 166 Å². The lowest BCUT2D eigenvalue weighted by atomic mass is 10.1. The molecule has 10 heteroatoms. The highest BCUT2D eigenvalue weighted by atomic mass is 32.2. The minimum atomic E-state index is -3.97. The first kappa shape index (κ1) is 20.2. The third-order valence-corrected chi connectivity index (χ3v) is 5.61. The van der Waals surface area contributed by atoms with E-state index in [4.69, 9.17) is 0 Å². The van der Waals surface area contributed by atoms with Crippen molar-refractivity contribution in [1.29, 1.82) is 0 Å². The molecule has 0 aliphatic carbocycles. The van der Waals surface area contributed by atoms with E-state index in [2.05, 4.69) is 10.0 Å². The van der Waals surface area contributed by atoms with Crippen molar-refractivity contribution in [2.24, 2.45) is 0 Å². The molecule has 0 spiro atoms. The van der Waals surface area contributed by atoms with Gasteiger partial charge in [0.15, 0.2) is 0 Å². The van der Waals surface area contributed by atoms with Gasteiger partial charge in [-0.25, -0.2) is 13.1 Å². The molecule has 0 aliphatic rings. The summed E-state index contributed by atoms with van der Waals surface area (Å²) in [7, 11) is -3.97. The Kier molecular flexibility index (Phi) is 5.76. The number of non-ortho nitro benzene ring substituents is 1. The smallest absolute Gasteiger partial charge is 0.270 e. The molecule has 3 rings (SSSR count). The SMILES string of the molecule is O=C(NCCNS(=O)(=O)c1cccc([N+](=O)[O-])c1)c1cc2ccccc2cc1O. The Balaban J connectivity index is 1.61. The number of phenols is 1. The second-order valence-electron chi connectivity index (χ2n) is 6.12. The highest BCUT2D eigenvalue weighted by Gasteiger charge is 2.17. The van der Waals surface area contributed by atoms with Crippen molar-refractivity contribution in [2.75, 3.05) is 13.1 Å². The fourth-order valence-electron chi connectivity index (χ4n) is 2.71. The topological polar surface area (TPSA) is 139 Å². The fourth-order valence-corrected chi connectivity index (χ4v) is 3.79. The monoisotopic (exact) mass is 415 g/mol. The van der Waals surface area contributed by atoms with E-state index in [9.17, 15) is 28.4 Å². The number of hydrogen-bond donors (Lipinski definition) is 3. The van der Waals surface area contributed by atoms with E-state index in [1.54, 1.807) is 18.2 Å². The second-order valence-corrected chi connectivity index (χ2v) is 7.89. The summed E-state index contributed by atoms with van der Waals surface area (Å²) >= 11 is 0. The van der Waals surface area contributed by atoms with Crippen LogP contribution >= 0.6 is 0 Å². The van der Waals surface area contributed by atoms with E-state index in [1.165, 1.54) is 24.3 Å². The first-order valence-electron chi connectivity index (χ1n) is 8.52. The summed E-state index contributed by atoms with van der Waals surface area (Å²) in [5.41, 5.74) is -0.266. The number of amides is 1. The van der Waals surface area contributed by atoms with Gasteiger partial charge in [-0.15, -0.1) is 0 Å². The summed E-state index contributed by atoms with van der Waals surface area (Å²) < 4.78 is 26.7. The number of hydrogen-bond acceptors (Lipinski definition) is 6. The van der Waals surface area contributed by atoms with Crippen LogP contribution in [-0.4, -0.2) is 37.4 Å². The molecule has 0 atom stereocenters. The Morgan fingerprint density at radius 3 is 2.38 bits per heavy atom. The Morgan fingerprint density at radius 2 is 1.69 bits per heavy atom. The highest BCUT2D eigenvalue weighted by Crippen LogP contribution is 2.24. The highest BCUT2D eigenvalue weighted by molar-refractivity contribution is 7.89. The summed E-state index contributed by atoms with van der Waals surface area (Å²) in [5.74, 6) is -0.735. The van der Waals surface area contributed by atoms with Crippen molar-refractivity contribution in [2.45, 2.75) is 4.90 Å². The van der Waals surface area contributed by atoms with Gasteiger partial charge in [0.2, 0.25) is 10.0 Å². The van der Waals surface area contributed by atoms with Crippen LogP contribution in [0, 0.1) is 10.1 Å². The van der Waals surface area contributed by atoms with Crippen molar-refractivity contribution in [3.8, 4) is 5.75 Å². The van der Waals surface area contributed by atoms with Crippen molar-refractivity contribution in [3.63, 3.8) is 0 Å². The molecular formula is C19H17N3O6S. The van der Waals surface area contributed by atoms with Gasteiger partial charge in [-0.1, -0.05) is 30.3 Å². The van der Waals surface area contributed by atoms with Crippen molar-refractivity contribution in [3.05, 3.63) is 76.3 Å². The number of nitrogens with one attached hydrogen (secondary N) is 2. The largest absolute Gasteiger partial charge is 0.507 e. The number of carbonyl (C=O) groups is 1. The number of nitrogens with zero attached hydrogens (tertiary/aromatic N) is 1. The molecular weight excluding hydrogens is 398 g/mol. The summed E-state index contributed by atoms with van der Waals surface area (Å²) in [6, 6.07) is 14.9. The van der Waals surface area contributed by atoms with Gasteiger partial charge in [-0.2, -0.15) is 0 Å².